The van der Waals surface area contributed by atoms with E-state index in [0.29, 0.717) is 18.6 Å². The molecule has 0 heterocycles. The van der Waals surface area contributed by atoms with Gasteiger partial charge in [-0.25, -0.2) is 0 Å². The van der Waals surface area contributed by atoms with E-state index in [9.17, 15) is 4.79 Å². The molecule has 0 bridgehead atoms. The lowest BCUT2D eigenvalue weighted by molar-refractivity contribution is -0.153. The van der Waals surface area contributed by atoms with Crippen molar-refractivity contribution in [2.45, 2.75) is 64.5 Å². The summed E-state index contributed by atoms with van der Waals surface area (Å²) in [6.45, 7) is 7.24. The maximum absolute atomic E-state index is 12.2. The van der Waals surface area contributed by atoms with Crippen LogP contribution in [-0.4, -0.2) is 37.9 Å². The summed E-state index contributed by atoms with van der Waals surface area (Å²) < 4.78 is 11.0. The lowest BCUT2D eigenvalue weighted by Crippen LogP contribution is -2.54. The molecule has 0 spiro atoms. The second-order valence-electron chi connectivity index (χ2n) is 5.41. The summed E-state index contributed by atoms with van der Waals surface area (Å²) in [7, 11) is 1.87. The molecule has 0 amide bonds. The van der Waals surface area contributed by atoms with Crippen molar-refractivity contribution in [2.24, 2.45) is 5.92 Å². The monoisotopic (exact) mass is 271 g/mol. The molecule has 0 aromatic carbocycles. The predicted molar refractivity (Wildman–Crippen MR) is 76.1 cm³/mol. The van der Waals surface area contributed by atoms with Crippen LogP contribution in [0.4, 0.5) is 0 Å². The maximum atomic E-state index is 12.2. The predicted octanol–water partition coefficient (Wildman–Crippen LogP) is 2.51. The number of carbonyl (C=O) groups is 1. The fourth-order valence-electron chi connectivity index (χ4n) is 2.96. The van der Waals surface area contributed by atoms with E-state index in [1.54, 1.807) is 0 Å². The number of likely N-dealkylation sites (N-methyl/N-ethyl adjacent to an activating group) is 1. The normalized spacial score (nSPS) is 28.3. The molecule has 0 saturated heterocycles. The lowest BCUT2D eigenvalue weighted by Gasteiger charge is -2.33. The Hall–Kier alpha value is -0.610. The van der Waals surface area contributed by atoms with Crippen LogP contribution in [0.25, 0.3) is 0 Å². The van der Waals surface area contributed by atoms with Crippen molar-refractivity contribution in [1.82, 2.24) is 5.32 Å². The van der Waals surface area contributed by atoms with Crippen LogP contribution in [0.1, 0.15) is 52.9 Å². The van der Waals surface area contributed by atoms with Crippen LogP contribution in [0.5, 0.6) is 0 Å². The summed E-state index contributed by atoms with van der Waals surface area (Å²) >= 11 is 0. The number of hydrogen-bond acceptors (Lipinski definition) is 4. The first-order valence-electron chi connectivity index (χ1n) is 7.58. The minimum Gasteiger partial charge on any atom is -0.465 e. The molecular formula is C15H29NO3. The summed E-state index contributed by atoms with van der Waals surface area (Å²) in [5, 5.41) is 3.23. The van der Waals surface area contributed by atoms with Gasteiger partial charge in [0, 0.05) is 6.61 Å². The molecule has 1 saturated carbocycles. The van der Waals surface area contributed by atoms with Gasteiger partial charge in [-0.15, -0.1) is 0 Å². The molecule has 0 aromatic heterocycles. The molecule has 112 valence electrons. The first-order valence-corrected chi connectivity index (χ1v) is 7.58. The topological polar surface area (TPSA) is 47.6 Å². The zero-order valence-corrected chi connectivity index (χ0v) is 12.8. The van der Waals surface area contributed by atoms with E-state index in [1.165, 1.54) is 0 Å². The van der Waals surface area contributed by atoms with E-state index in [0.717, 1.165) is 38.7 Å². The molecule has 3 unspecified atom stereocenters. The van der Waals surface area contributed by atoms with Gasteiger partial charge < -0.3 is 14.8 Å². The van der Waals surface area contributed by atoms with Crippen LogP contribution in [0.2, 0.25) is 0 Å². The standard InChI is InChI=1S/C15H29NO3/c1-5-12(3)19-11-9-13-8-7-10-15(13,16-4)14(17)18-6-2/h12-13,16H,5-11H2,1-4H3. The highest BCUT2D eigenvalue weighted by molar-refractivity contribution is 5.81. The van der Waals surface area contributed by atoms with Gasteiger partial charge in [-0.3, -0.25) is 4.79 Å². The third-order valence-corrected chi connectivity index (χ3v) is 4.35. The van der Waals surface area contributed by atoms with Gasteiger partial charge in [0.05, 0.1) is 12.7 Å². The summed E-state index contributed by atoms with van der Waals surface area (Å²) in [5.74, 6) is 0.226. The molecule has 0 radical (unpaired) electrons. The van der Waals surface area contributed by atoms with Crippen LogP contribution in [0.3, 0.4) is 0 Å². The van der Waals surface area contributed by atoms with Crippen molar-refractivity contribution in [3.8, 4) is 0 Å². The van der Waals surface area contributed by atoms with Gasteiger partial charge in [0.1, 0.15) is 5.54 Å². The second kappa shape index (κ2) is 7.85. The molecule has 1 rings (SSSR count). The number of hydrogen-bond donors (Lipinski definition) is 1. The molecule has 1 aliphatic carbocycles. The highest BCUT2D eigenvalue weighted by Crippen LogP contribution is 2.38. The smallest absolute Gasteiger partial charge is 0.326 e. The Balaban J connectivity index is 2.57. The SMILES string of the molecule is CCOC(=O)C1(NC)CCCC1CCOC(C)CC. The van der Waals surface area contributed by atoms with Gasteiger partial charge in [0.25, 0.3) is 0 Å². The summed E-state index contributed by atoms with van der Waals surface area (Å²) in [4.78, 5) is 12.2. The van der Waals surface area contributed by atoms with Gasteiger partial charge in [-0.1, -0.05) is 13.3 Å². The van der Waals surface area contributed by atoms with Crippen LogP contribution < -0.4 is 5.32 Å². The summed E-state index contributed by atoms with van der Waals surface area (Å²) in [6, 6.07) is 0. The van der Waals surface area contributed by atoms with Crippen LogP contribution in [-0.2, 0) is 14.3 Å². The third kappa shape index (κ3) is 3.93. The molecule has 1 N–H and O–H groups in total. The molecule has 19 heavy (non-hydrogen) atoms. The number of nitrogens with one attached hydrogen (secondary N) is 1. The Labute approximate surface area is 117 Å². The van der Waals surface area contributed by atoms with Crippen LogP contribution in [0, 0.1) is 5.92 Å². The molecule has 1 aliphatic rings. The Kier molecular flexibility index (Phi) is 6.80. The van der Waals surface area contributed by atoms with Crippen molar-refractivity contribution >= 4 is 5.97 Å². The minimum atomic E-state index is -0.491. The van der Waals surface area contributed by atoms with Crippen LogP contribution >= 0.6 is 0 Å². The van der Waals surface area contributed by atoms with E-state index in [1.807, 2.05) is 14.0 Å². The van der Waals surface area contributed by atoms with Gasteiger partial charge in [-0.2, -0.15) is 0 Å². The fraction of sp³-hybridized carbons (Fsp3) is 0.933. The van der Waals surface area contributed by atoms with E-state index in [-0.39, 0.29) is 5.97 Å². The third-order valence-electron chi connectivity index (χ3n) is 4.35. The van der Waals surface area contributed by atoms with Crippen LogP contribution in [0.15, 0.2) is 0 Å². The Bertz CT molecular complexity index is 283. The second-order valence-corrected chi connectivity index (χ2v) is 5.41. The first-order chi connectivity index (χ1) is 9.10. The highest BCUT2D eigenvalue weighted by atomic mass is 16.5. The van der Waals surface area contributed by atoms with Crippen molar-refractivity contribution in [2.75, 3.05) is 20.3 Å². The van der Waals surface area contributed by atoms with Crippen molar-refractivity contribution < 1.29 is 14.3 Å². The average molecular weight is 271 g/mol. The molecule has 0 aliphatic heterocycles. The number of rotatable bonds is 8. The number of carbonyl (C=O) groups excluding carboxylic acids is 1. The number of ether oxygens (including phenoxy) is 2. The minimum absolute atomic E-state index is 0.0939. The van der Waals surface area contributed by atoms with Gasteiger partial charge >= 0.3 is 5.97 Å². The fourth-order valence-corrected chi connectivity index (χ4v) is 2.96. The first kappa shape index (κ1) is 16.4. The zero-order valence-electron chi connectivity index (χ0n) is 12.8. The quantitative estimate of drug-likeness (QED) is 0.689. The largest absolute Gasteiger partial charge is 0.465 e. The van der Waals surface area contributed by atoms with E-state index in [4.69, 9.17) is 9.47 Å². The Morgan fingerprint density at radius 2 is 2.21 bits per heavy atom. The maximum Gasteiger partial charge on any atom is 0.326 e. The van der Waals surface area contributed by atoms with Crippen molar-refractivity contribution in [1.29, 1.82) is 0 Å². The van der Waals surface area contributed by atoms with E-state index < -0.39 is 5.54 Å². The summed E-state index contributed by atoms with van der Waals surface area (Å²) in [5.41, 5.74) is -0.491. The van der Waals surface area contributed by atoms with Gasteiger partial charge in [0.2, 0.25) is 0 Å². The average Bonchev–Trinajstić information content (AvgIpc) is 2.83. The van der Waals surface area contributed by atoms with E-state index in [2.05, 4.69) is 19.2 Å². The molecule has 3 atom stereocenters. The molecule has 4 nitrogen and oxygen atoms in total. The molecule has 1 fully saturated rings. The van der Waals surface area contributed by atoms with Crippen molar-refractivity contribution in [3.63, 3.8) is 0 Å². The zero-order chi connectivity index (χ0) is 14.3. The molecule has 0 aromatic rings. The lowest BCUT2D eigenvalue weighted by atomic mass is 9.85. The molecular weight excluding hydrogens is 242 g/mol. The number of esters is 1. The van der Waals surface area contributed by atoms with E-state index >= 15 is 0 Å². The van der Waals surface area contributed by atoms with Gasteiger partial charge in [-0.05, 0) is 52.5 Å². The summed E-state index contributed by atoms with van der Waals surface area (Å²) in [6.07, 6.45) is 5.27. The van der Waals surface area contributed by atoms with Gasteiger partial charge in [0.15, 0.2) is 0 Å². The van der Waals surface area contributed by atoms with Crippen molar-refractivity contribution in [3.05, 3.63) is 0 Å². The molecule has 4 heteroatoms. The Morgan fingerprint density at radius 3 is 2.79 bits per heavy atom. The highest BCUT2D eigenvalue weighted by Gasteiger charge is 2.48. The Morgan fingerprint density at radius 1 is 1.47 bits per heavy atom.